The van der Waals surface area contributed by atoms with Crippen LogP contribution in [0.3, 0.4) is 0 Å². The summed E-state index contributed by atoms with van der Waals surface area (Å²) in [6.07, 6.45) is 4.60. The van der Waals surface area contributed by atoms with Gasteiger partial charge in [0.05, 0.1) is 28.4 Å². The molecule has 6 heteroatoms. The third-order valence-electron chi connectivity index (χ3n) is 5.70. The summed E-state index contributed by atoms with van der Waals surface area (Å²) >= 11 is 1.72. The number of ether oxygens (including phenoxy) is 1. The Kier molecular flexibility index (Phi) is 6.97. The number of methoxy groups -OCH3 is 1. The molecule has 1 saturated heterocycles. The van der Waals surface area contributed by atoms with Crippen LogP contribution in [-0.2, 0) is 11.2 Å². The number of thiazole rings is 1. The Hall–Kier alpha value is -2.44. The number of nitrogens with zero attached hydrogens (tertiary/aromatic N) is 2. The zero-order valence-corrected chi connectivity index (χ0v) is 18.3. The van der Waals surface area contributed by atoms with Gasteiger partial charge in [0.1, 0.15) is 5.75 Å². The summed E-state index contributed by atoms with van der Waals surface area (Å²) in [5.41, 5.74) is 2.20. The highest BCUT2D eigenvalue weighted by atomic mass is 32.1. The molecule has 5 nitrogen and oxygen atoms in total. The maximum atomic E-state index is 12.5. The molecule has 1 atom stereocenters. The fourth-order valence-corrected chi connectivity index (χ4v) is 5.17. The molecule has 0 radical (unpaired) electrons. The summed E-state index contributed by atoms with van der Waals surface area (Å²) in [6.45, 7) is 2.74. The largest absolute Gasteiger partial charge is 0.496 e. The molecule has 158 valence electrons. The molecule has 1 aliphatic rings. The maximum absolute atomic E-state index is 12.5. The number of fused-ring (bicyclic) bond motifs is 1. The highest BCUT2D eigenvalue weighted by Gasteiger charge is 2.26. The van der Waals surface area contributed by atoms with Crippen molar-refractivity contribution in [3.63, 3.8) is 0 Å². The Balaban J connectivity index is 1.32. The lowest BCUT2D eigenvalue weighted by Gasteiger charge is -2.29. The van der Waals surface area contributed by atoms with Gasteiger partial charge in [0, 0.05) is 18.5 Å². The van der Waals surface area contributed by atoms with Crippen LogP contribution in [-0.4, -0.2) is 42.5 Å². The Morgan fingerprint density at radius 1 is 1.17 bits per heavy atom. The van der Waals surface area contributed by atoms with Crippen molar-refractivity contribution in [2.24, 2.45) is 0 Å². The SMILES string of the molecule is COc1ccccc1C(CNC(=O)CCCc1nc2ccccc2s1)N1CCCC1. The van der Waals surface area contributed by atoms with E-state index in [1.165, 1.54) is 17.5 Å². The lowest BCUT2D eigenvalue weighted by molar-refractivity contribution is -0.121. The third-order valence-corrected chi connectivity index (χ3v) is 6.80. The average Bonchev–Trinajstić information content (AvgIpc) is 3.44. The number of rotatable bonds is 9. The summed E-state index contributed by atoms with van der Waals surface area (Å²) in [7, 11) is 1.71. The van der Waals surface area contributed by atoms with Crippen molar-refractivity contribution in [2.75, 3.05) is 26.7 Å². The zero-order chi connectivity index (χ0) is 20.8. The van der Waals surface area contributed by atoms with Crippen molar-refractivity contribution < 1.29 is 9.53 Å². The summed E-state index contributed by atoms with van der Waals surface area (Å²) in [6, 6.07) is 16.5. The number of hydrogen-bond acceptors (Lipinski definition) is 5. The minimum atomic E-state index is 0.107. The minimum absolute atomic E-state index is 0.107. The fourth-order valence-electron chi connectivity index (χ4n) is 4.16. The van der Waals surface area contributed by atoms with Gasteiger partial charge in [-0.1, -0.05) is 30.3 Å². The van der Waals surface area contributed by atoms with E-state index in [1.807, 2.05) is 36.4 Å². The summed E-state index contributed by atoms with van der Waals surface area (Å²) < 4.78 is 6.80. The van der Waals surface area contributed by atoms with Crippen molar-refractivity contribution >= 4 is 27.5 Å². The van der Waals surface area contributed by atoms with E-state index in [9.17, 15) is 4.79 Å². The van der Waals surface area contributed by atoms with Crippen molar-refractivity contribution in [3.05, 3.63) is 59.1 Å². The second-order valence-corrected chi connectivity index (χ2v) is 8.85. The van der Waals surface area contributed by atoms with E-state index < -0.39 is 0 Å². The van der Waals surface area contributed by atoms with Crippen LogP contribution in [0.2, 0.25) is 0 Å². The van der Waals surface area contributed by atoms with Crippen LogP contribution < -0.4 is 10.1 Å². The van der Waals surface area contributed by atoms with E-state index in [1.54, 1.807) is 18.4 Å². The number of aromatic nitrogens is 1. The summed E-state index contributed by atoms with van der Waals surface area (Å²) in [5.74, 6) is 0.995. The van der Waals surface area contributed by atoms with Gasteiger partial charge in [-0.25, -0.2) is 4.98 Å². The smallest absolute Gasteiger partial charge is 0.220 e. The molecule has 0 saturated carbocycles. The topological polar surface area (TPSA) is 54.5 Å². The molecule has 3 aromatic rings. The molecule has 1 aromatic heterocycles. The number of carbonyl (C=O) groups excluding carboxylic acids is 1. The van der Waals surface area contributed by atoms with Gasteiger partial charge in [-0.3, -0.25) is 9.69 Å². The van der Waals surface area contributed by atoms with Gasteiger partial charge in [0.25, 0.3) is 0 Å². The lowest BCUT2D eigenvalue weighted by Crippen LogP contribution is -2.37. The Morgan fingerprint density at radius 2 is 1.93 bits per heavy atom. The van der Waals surface area contributed by atoms with Crippen molar-refractivity contribution in [1.82, 2.24) is 15.2 Å². The van der Waals surface area contributed by atoms with E-state index in [4.69, 9.17) is 4.74 Å². The minimum Gasteiger partial charge on any atom is -0.496 e. The fraction of sp³-hybridized carbons (Fsp3) is 0.417. The highest BCUT2D eigenvalue weighted by molar-refractivity contribution is 7.18. The van der Waals surface area contributed by atoms with Gasteiger partial charge in [-0.2, -0.15) is 0 Å². The van der Waals surface area contributed by atoms with Crippen LogP contribution in [0.15, 0.2) is 48.5 Å². The maximum Gasteiger partial charge on any atom is 0.220 e. The first-order chi connectivity index (χ1) is 14.7. The van der Waals surface area contributed by atoms with E-state index >= 15 is 0 Å². The molecular formula is C24H29N3O2S. The van der Waals surface area contributed by atoms with Gasteiger partial charge >= 0.3 is 0 Å². The first-order valence-corrected chi connectivity index (χ1v) is 11.5. The summed E-state index contributed by atoms with van der Waals surface area (Å²) in [4.78, 5) is 19.7. The number of likely N-dealkylation sites (tertiary alicyclic amines) is 1. The predicted octanol–water partition coefficient (Wildman–Crippen LogP) is 4.58. The Bertz CT molecular complexity index is 948. The van der Waals surface area contributed by atoms with Gasteiger partial charge in [-0.05, 0) is 57.0 Å². The quantitative estimate of drug-likeness (QED) is 0.547. The van der Waals surface area contributed by atoms with E-state index in [0.717, 1.165) is 47.8 Å². The molecule has 2 aromatic carbocycles. The number of aryl methyl sites for hydroxylation is 1. The van der Waals surface area contributed by atoms with Gasteiger partial charge in [0.2, 0.25) is 5.91 Å². The Labute approximate surface area is 182 Å². The number of carbonyl (C=O) groups is 1. The van der Waals surface area contributed by atoms with Crippen molar-refractivity contribution in [2.45, 2.75) is 38.1 Å². The number of hydrogen-bond donors (Lipinski definition) is 1. The molecular weight excluding hydrogens is 394 g/mol. The first kappa shape index (κ1) is 20.8. The van der Waals surface area contributed by atoms with E-state index in [2.05, 4.69) is 27.3 Å². The number of para-hydroxylation sites is 2. The van der Waals surface area contributed by atoms with Gasteiger partial charge < -0.3 is 10.1 Å². The average molecular weight is 424 g/mol. The third kappa shape index (κ3) is 4.99. The molecule has 2 heterocycles. The van der Waals surface area contributed by atoms with Crippen LogP contribution in [0.5, 0.6) is 5.75 Å². The molecule has 1 fully saturated rings. The molecule has 1 aliphatic heterocycles. The van der Waals surface area contributed by atoms with Crippen LogP contribution in [0.25, 0.3) is 10.2 Å². The molecule has 0 bridgehead atoms. The Morgan fingerprint density at radius 3 is 2.73 bits per heavy atom. The summed E-state index contributed by atoms with van der Waals surface area (Å²) in [5, 5.41) is 4.27. The molecule has 30 heavy (non-hydrogen) atoms. The molecule has 0 aliphatic carbocycles. The standard InChI is InChI=1S/C24H29N3O2S/c1-29-21-11-4-2-9-18(21)20(27-15-6-7-16-27)17-25-23(28)13-8-14-24-26-19-10-3-5-12-22(19)30-24/h2-5,9-12,20H,6-8,13-17H2,1H3,(H,25,28). The van der Waals surface area contributed by atoms with Crippen LogP contribution in [0.1, 0.15) is 42.3 Å². The molecule has 4 rings (SSSR count). The monoisotopic (exact) mass is 423 g/mol. The number of amides is 1. The van der Waals surface area contributed by atoms with Gasteiger partial charge in [0.15, 0.2) is 0 Å². The zero-order valence-electron chi connectivity index (χ0n) is 17.5. The molecule has 1 N–H and O–H groups in total. The number of nitrogens with one attached hydrogen (secondary N) is 1. The number of benzene rings is 2. The second kappa shape index (κ2) is 10.0. The highest BCUT2D eigenvalue weighted by Crippen LogP contribution is 2.31. The molecule has 1 unspecified atom stereocenters. The van der Waals surface area contributed by atoms with Crippen molar-refractivity contribution in [1.29, 1.82) is 0 Å². The normalized spacial score (nSPS) is 15.4. The van der Waals surface area contributed by atoms with Crippen LogP contribution >= 0.6 is 11.3 Å². The lowest BCUT2D eigenvalue weighted by atomic mass is 10.0. The first-order valence-electron chi connectivity index (χ1n) is 10.7. The van der Waals surface area contributed by atoms with E-state index in [0.29, 0.717) is 13.0 Å². The molecule has 1 amide bonds. The molecule has 0 spiro atoms. The van der Waals surface area contributed by atoms with Crippen LogP contribution in [0, 0.1) is 0 Å². The van der Waals surface area contributed by atoms with E-state index in [-0.39, 0.29) is 11.9 Å². The second-order valence-electron chi connectivity index (χ2n) is 7.73. The van der Waals surface area contributed by atoms with Gasteiger partial charge in [-0.15, -0.1) is 11.3 Å². The predicted molar refractivity (Wildman–Crippen MR) is 122 cm³/mol. The van der Waals surface area contributed by atoms with Crippen LogP contribution in [0.4, 0.5) is 0 Å². The van der Waals surface area contributed by atoms with Crippen molar-refractivity contribution in [3.8, 4) is 5.75 Å².